The van der Waals surface area contributed by atoms with Gasteiger partial charge in [0.1, 0.15) is 0 Å². The Balaban J connectivity index is 1.25. The first-order valence-electron chi connectivity index (χ1n) is 10.8. The Bertz CT molecular complexity index is 1110. The number of nitrogens with zero attached hydrogens (tertiary/aromatic N) is 5. The smallest absolute Gasteiger partial charge is 0.252 e. The summed E-state index contributed by atoms with van der Waals surface area (Å²) >= 11 is 0. The summed E-state index contributed by atoms with van der Waals surface area (Å²) in [6, 6.07) is 6.22. The van der Waals surface area contributed by atoms with Crippen LogP contribution in [0.2, 0.25) is 0 Å². The van der Waals surface area contributed by atoms with E-state index in [0.29, 0.717) is 37.6 Å². The molecule has 0 spiro atoms. The molecule has 31 heavy (non-hydrogen) atoms. The molecule has 1 aromatic carbocycles. The number of halogens is 2. The number of alkyl halides is 2. The van der Waals surface area contributed by atoms with Crippen LogP contribution in [0.15, 0.2) is 28.9 Å². The lowest BCUT2D eigenvalue weighted by atomic mass is 9.96. The molecule has 1 atom stereocenters. The molecular weight excluding hydrogens is 404 g/mol. The zero-order valence-electron chi connectivity index (χ0n) is 17.6. The summed E-state index contributed by atoms with van der Waals surface area (Å²) in [4.78, 5) is 18.6. The van der Waals surface area contributed by atoms with E-state index in [9.17, 15) is 13.6 Å². The third-order valence-corrected chi connectivity index (χ3v) is 6.36. The number of rotatable bonds is 5. The van der Waals surface area contributed by atoms with Gasteiger partial charge in [-0.3, -0.25) is 9.48 Å². The molecule has 2 aliphatic rings. The Morgan fingerprint density at radius 1 is 1.29 bits per heavy atom. The van der Waals surface area contributed by atoms with E-state index in [0.717, 1.165) is 16.5 Å². The van der Waals surface area contributed by atoms with Crippen molar-refractivity contribution in [2.75, 3.05) is 13.1 Å². The standard InChI is InChI=1S/C22H25F2N5O2/c1-13(2)29-18-9-15(3-4-16(18)12-25-29)20-26-21(31-27-20)14-5-7-28(8-6-14)19(30)10-17-11-22(17,23)24/h3-4,9,12-14,17H,5-8,10-11H2,1-2H3. The predicted molar refractivity (Wildman–Crippen MR) is 110 cm³/mol. The summed E-state index contributed by atoms with van der Waals surface area (Å²) < 4.78 is 33.7. The molecule has 3 aromatic rings. The van der Waals surface area contributed by atoms with E-state index in [4.69, 9.17) is 4.52 Å². The van der Waals surface area contributed by atoms with E-state index in [1.807, 2.05) is 29.1 Å². The van der Waals surface area contributed by atoms with Crippen LogP contribution in [0.1, 0.15) is 57.4 Å². The van der Waals surface area contributed by atoms with Crippen molar-refractivity contribution >= 4 is 16.8 Å². The summed E-state index contributed by atoms with van der Waals surface area (Å²) in [6.45, 7) is 5.22. The van der Waals surface area contributed by atoms with Gasteiger partial charge in [-0.2, -0.15) is 10.1 Å². The van der Waals surface area contributed by atoms with Crippen LogP contribution in [0.4, 0.5) is 8.78 Å². The van der Waals surface area contributed by atoms with Gasteiger partial charge in [0.25, 0.3) is 5.92 Å². The summed E-state index contributed by atoms with van der Waals surface area (Å²) in [7, 11) is 0. The fourth-order valence-electron chi connectivity index (χ4n) is 4.31. The monoisotopic (exact) mass is 429 g/mol. The van der Waals surface area contributed by atoms with E-state index < -0.39 is 11.8 Å². The molecule has 1 saturated carbocycles. The predicted octanol–water partition coefficient (Wildman–Crippen LogP) is 4.42. The van der Waals surface area contributed by atoms with Crippen LogP contribution < -0.4 is 0 Å². The van der Waals surface area contributed by atoms with Gasteiger partial charge in [-0.25, -0.2) is 8.78 Å². The molecule has 0 N–H and O–H groups in total. The molecule has 2 aromatic heterocycles. The van der Waals surface area contributed by atoms with Crippen LogP contribution >= 0.6 is 0 Å². The molecule has 2 fully saturated rings. The molecule has 1 unspecified atom stereocenters. The topological polar surface area (TPSA) is 77.0 Å². The fraction of sp³-hybridized carbons (Fsp3) is 0.545. The Hall–Kier alpha value is -2.84. The minimum atomic E-state index is -2.65. The van der Waals surface area contributed by atoms with Crippen molar-refractivity contribution in [3.63, 3.8) is 0 Å². The minimum Gasteiger partial charge on any atom is -0.343 e. The normalized spacial score (nSPS) is 21.2. The SMILES string of the molecule is CC(C)n1ncc2ccc(-c3noc(C4CCN(C(=O)CC5CC5(F)F)CC4)n3)cc21. The molecule has 0 radical (unpaired) electrons. The van der Waals surface area contributed by atoms with Crippen LogP contribution in [0, 0.1) is 5.92 Å². The number of aromatic nitrogens is 4. The molecule has 1 aliphatic carbocycles. The van der Waals surface area contributed by atoms with E-state index in [1.54, 1.807) is 4.90 Å². The third-order valence-electron chi connectivity index (χ3n) is 6.36. The maximum Gasteiger partial charge on any atom is 0.252 e. The van der Waals surface area contributed by atoms with E-state index in [-0.39, 0.29) is 30.7 Å². The van der Waals surface area contributed by atoms with Crippen molar-refractivity contribution in [3.05, 3.63) is 30.3 Å². The van der Waals surface area contributed by atoms with E-state index in [1.165, 1.54) is 0 Å². The molecule has 164 valence electrons. The average molecular weight is 429 g/mol. The number of carbonyl (C=O) groups excluding carboxylic acids is 1. The van der Waals surface area contributed by atoms with Crippen LogP contribution in [-0.2, 0) is 4.79 Å². The Kier molecular flexibility index (Phi) is 4.79. The molecule has 7 nitrogen and oxygen atoms in total. The second-order valence-corrected chi connectivity index (χ2v) is 8.93. The molecular formula is C22H25F2N5O2. The molecule has 5 rings (SSSR count). The Morgan fingerprint density at radius 3 is 2.71 bits per heavy atom. The molecule has 1 aliphatic heterocycles. The molecule has 1 saturated heterocycles. The second-order valence-electron chi connectivity index (χ2n) is 8.93. The number of carbonyl (C=O) groups is 1. The van der Waals surface area contributed by atoms with Gasteiger partial charge in [0.05, 0.1) is 11.7 Å². The number of benzene rings is 1. The van der Waals surface area contributed by atoms with Gasteiger partial charge in [0, 0.05) is 54.8 Å². The van der Waals surface area contributed by atoms with Crippen molar-refractivity contribution in [3.8, 4) is 11.4 Å². The number of amides is 1. The maximum atomic E-state index is 13.1. The van der Waals surface area contributed by atoms with E-state index in [2.05, 4.69) is 29.1 Å². The summed E-state index contributed by atoms with van der Waals surface area (Å²) in [5.74, 6) is -2.44. The first-order chi connectivity index (χ1) is 14.8. The number of likely N-dealkylation sites (tertiary alicyclic amines) is 1. The first kappa shape index (κ1) is 20.1. The first-order valence-corrected chi connectivity index (χ1v) is 10.8. The fourth-order valence-corrected chi connectivity index (χ4v) is 4.31. The minimum absolute atomic E-state index is 0.0577. The zero-order valence-corrected chi connectivity index (χ0v) is 17.6. The number of hydrogen-bond acceptors (Lipinski definition) is 5. The van der Waals surface area contributed by atoms with Gasteiger partial charge >= 0.3 is 0 Å². The van der Waals surface area contributed by atoms with Gasteiger partial charge in [-0.1, -0.05) is 17.3 Å². The highest BCUT2D eigenvalue weighted by Gasteiger charge is 2.57. The van der Waals surface area contributed by atoms with Crippen molar-refractivity contribution in [2.45, 2.75) is 57.4 Å². The maximum absolute atomic E-state index is 13.1. The lowest BCUT2D eigenvalue weighted by molar-refractivity contribution is -0.133. The van der Waals surface area contributed by atoms with Crippen LogP contribution in [0.5, 0.6) is 0 Å². The summed E-state index contributed by atoms with van der Waals surface area (Å²) in [5, 5.41) is 9.66. The molecule has 3 heterocycles. The summed E-state index contributed by atoms with van der Waals surface area (Å²) in [6.07, 6.45) is 3.00. The van der Waals surface area contributed by atoms with Gasteiger partial charge in [-0.15, -0.1) is 0 Å². The largest absolute Gasteiger partial charge is 0.343 e. The lowest BCUT2D eigenvalue weighted by Gasteiger charge is -2.30. The molecule has 0 bridgehead atoms. The van der Waals surface area contributed by atoms with Crippen molar-refractivity contribution < 1.29 is 18.1 Å². The highest BCUT2D eigenvalue weighted by Crippen LogP contribution is 2.50. The number of hydrogen-bond donors (Lipinski definition) is 0. The van der Waals surface area contributed by atoms with Gasteiger partial charge < -0.3 is 9.42 Å². The quantitative estimate of drug-likeness (QED) is 0.600. The van der Waals surface area contributed by atoms with Crippen LogP contribution in [0.3, 0.4) is 0 Å². The number of fused-ring (bicyclic) bond motifs is 1. The van der Waals surface area contributed by atoms with Crippen LogP contribution in [-0.4, -0.2) is 49.7 Å². The Labute approximate surface area is 178 Å². The van der Waals surface area contributed by atoms with Gasteiger partial charge in [-0.05, 0) is 32.8 Å². The van der Waals surface area contributed by atoms with Crippen molar-refractivity contribution in [1.82, 2.24) is 24.8 Å². The third kappa shape index (κ3) is 3.81. The average Bonchev–Trinajstić information content (AvgIpc) is 3.14. The van der Waals surface area contributed by atoms with Crippen LogP contribution in [0.25, 0.3) is 22.3 Å². The summed E-state index contributed by atoms with van der Waals surface area (Å²) in [5.41, 5.74) is 1.88. The number of piperidine rings is 1. The zero-order chi connectivity index (χ0) is 21.8. The second kappa shape index (κ2) is 7.39. The highest BCUT2D eigenvalue weighted by atomic mass is 19.3. The Morgan fingerprint density at radius 2 is 2.03 bits per heavy atom. The van der Waals surface area contributed by atoms with Gasteiger partial charge in [0.15, 0.2) is 0 Å². The lowest BCUT2D eigenvalue weighted by Crippen LogP contribution is -2.38. The molecule has 1 amide bonds. The highest BCUT2D eigenvalue weighted by molar-refractivity contribution is 5.83. The molecule has 9 heteroatoms. The van der Waals surface area contributed by atoms with Gasteiger partial charge in [0.2, 0.25) is 17.6 Å². The van der Waals surface area contributed by atoms with E-state index >= 15 is 0 Å². The van der Waals surface area contributed by atoms with Crippen molar-refractivity contribution in [2.24, 2.45) is 5.92 Å². The van der Waals surface area contributed by atoms with Crippen molar-refractivity contribution in [1.29, 1.82) is 0 Å².